The van der Waals surface area contributed by atoms with Gasteiger partial charge < -0.3 is 9.74 Å². The van der Waals surface area contributed by atoms with Gasteiger partial charge in [-0.15, -0.1) is 6.58 Å². The Morgan fingerprint density at radius 1 is 1.32 bits per heavy atom. The van der Waals surface area contributed by atoms with Crippen LogP contribution in [0.1, 0.15) is 27.2 Å². The van der Waals surface area contributed by atoms with Gasteiger partial charge in [0.1, 0.15) is 0 Å². The van der Waals surface area contributed by atoms with Gasteiger partial charge in [-0.25, -0.2) is 0 Å². The first kappa shape index (κ1) is 22.0. The molecule has 0 heterocycles. The molecule has 1 N–H and O–H groups in total. The van der Waals surface area contributed by atoms with Gasteiger partial charge in [0.05, 0.1) is 12.6 Å². The molecule has 0 unspecified atom stereocenters. The van der Waals surface area contributed by atoms with E-state index in [0.29, 0.717) is 13.0 Å². The summed E-state index contributed by atoms with van der Waals surface area (Å²) < 4.78 is 4.13. The third kappa shape index (κ3) is 8.02. The molecule has 0 aromatic heterocycles. The summed E-state index contributed by atoms with van der Waals surface area (Å²) in [6.07, 6.45) is 6.19. The topological polar surface area (TPSA) is 38.3 Å². The fraction of sp³-hybridized carbons (Fsp3) is 0.667. The second kappa shape index (κ2) is 8.74. The molecule has 0 spiro atoms. The lowest BCUT2D eigenvalue weighted by molar-refractivity contribution is -0.120. The Kier molecular flexibility index (Phi) is 8.74. The molecule has 0 radical (unpaired) electrons. The first-order chi connectivity index (χ1) is 9.81. The first-order valence-corrected chi connectivity index (χ1v) is 11.1. The highest BCUT2D eigenvalue weighted by molar-refractivity contribution is 6.76. The molecule has 0 aliphatic heterocycles. The second-order valence-corrected chi connectivity index (χ2v) is 13.7. The van der Waals surface area contributed by atoms with Crippen molar-refractivity contribution in [2.24, 2.45) is 0 Å². The van der Waals surface area contributed by atoms with Gasteiger partial charge in [0.2, 0.25) is 0 Å². The summed E-state index contributed by atoms with van der Waals surface area (Å²) in [5.41, 5.74) is 0. The third-order valence-corrected chi connectivity index (χ3v) is 8.69. The fourth-order valence-electron chi connectivity index (χ4n) is 1.25. The predicted octanol–water partition coefficient (Wildman–Crippen LogP) is 5.00. The summed E-state index contributed by atoms with van der Waals surface area (Å²) >= 11 is 16.8. The summed E-state index contributed by atoms with van der Waals surface area (Å²) in [4.78, 5) is 11.8. The summed E-state index contributed by atoms with van der Waals surface area (Å²) in [6, 6.07) is -0.350. The molecular weight excluding hydrogens is 361 g/mol. The van der Waals surface area contributed by atoms with E-state index < -0.39 is 18.0 Å². The van der Waals surface area contributed by atoms with Crippen molar-refractivity contribution in [3.63, 3.8) is 0 Å². The highest BCUT2D eigenvalue weighted by Gasteiger charge is 2.38. The number of allylic oxidation sites excluding steroid dienone is 2. The van der Waals surface area contributed by atoms with Crippen molar-refractivity contribution in [2.75, 3.05) is 6.61 Å². The fourth-order valence-corrected chi connectivity index (χ4v) is 2.44. The molecule has 3 nitrogen and oxygen atoms in total. The summed E-state index contributed by atoms with van der Waals surface area (Å²) in [5.74, 6) is -0.662. The Morgan fingerprint density at radius 3 is 2.27 bits per heavy atom. The van der Waals surface area contributed by atoms with Crippen molar-refractivity contribution in [3.05, 3.63) is 24.8 Å². The highest BCUT2D eigenvalue weighted by Crippen LogP contribution is 2.36. The second-order valence-electron chi connectivity index (χ2n) is 6.60. The molecule has 22 heavy (non-hydrogen) atoms. The lowest BCUT2D eigenvalue weighted by atomic mass is 10.2. The van der Waals surface area contributed by atoms with Crippen molar-refractivity contribution in [1.82, 2.24) is 5.32 Å². The van der Waals surface area contributed by atoms with E-state index in [0.717, 1.165) is 0 Å². The van der Waals surface area contributed by atoms with Crippen LogP contribution in [0.5, 0.6) is 0 Å². The maximum absolute atomic E-state index is 11.8. The molecule has 0 rings (SSSR count). The van der Waals surface area contributed by atoms with E-state index in [4.69, 9.17) is 39.2 Å². The number of amides is 1. The van der Waals surface area contributed by atoms with Gasteiger partial charge in [-0.2, -0.15) is 0 Å². The van der Waals surface area contributed by atoms with Crippen LogP contribution in [0.3, 0.4) is 0 Å². The maximum atomic E-state index is 11.8. The van der Waals surface area contributed by atoms with Crippen molar-refractivity contribution in [3.8, 4) is 0 Å². The Balaban J connectivity index is 4.89. The van der Waals surface area contributed by atoms with Gasteiger partial charge in [0.15, 0.2) is 8.32 Å². The van der Waals surface area contributed by atoms with Crippen LogP contribution >= 0.6 is 34.8 Å². The standard InChI is InChI=1S/C15H26Cl3NO2Si/c1-7-8-9-10-12(19-13(20)15(16,17)18)11-21-22(5,6)14(2,3)4/h7,9-10,12H,1,8,11H2,2-6H3,(H,19,20)/b10-9+/t12-/m0/s1. The van der Waals surface area contributed by atoms with Crippen LogP contribution in [-0.4, -0.2) is 30.7 Å². The van der Waals surface area contributed by atoms with E-state index in [1.165, 1.54) is 0 Å². The number of carbonyl (C=O) groups excluding carboxylic acids is 1. The monoisotopic (exact) mass is 385 g/mol. The zero-order valence-corrected chi connectivity index (χ0v) is 17.1. The minimum atomic E-state index is -1.98. The van der Waals surface area contributed by atoms with E-state index in [-0.39, 0.29) is 11.1 Å². The van der Waals surface area contributed by atoms with E-state index in [1.807, 2.05) is 12.2 Å². The molecule has 0 aliphatic rings. The first-order valence-electron chi connectivity index (χ1n) is 7.10. The molecule has 0 aliphatic carbocycles. The SMILES string of the molecule is C=CC/C=C/[C@@H](CO[Si](C)(C)C(C)(C)C)NC(=O)C(Cl)(Cl)Cl. The zero-order chi connectivity index (χ0) is 17.6. The van der Waals surface area contributed by atoms with Gasteiger partial charge in [0.25, 0.3) is 9.70 Å². The van der Waals surface area contributed by atoms with E-state index in [9.17, 15) is 4.79 Å². The quantitative estimate of drug-likeness (QED) is 0.380. The molecular formula is C15H26Cl3NO2Si. The molecule has 0 saturated heterocycles. The van der Waals surface area contributed by atoms with Crippen LogP contribution in [0.15, 0.2) is 24.8 Å². The smallest absolute Gasteiger partial charge is 0.272 e. The largest absolute Gasteiger partial charge is 0.414 e. The molecule has 7 heteroatoms. The summed E-state index contributed by atoms with van der Waals surface area (Å²) in [5, 5.41) is 2.77. The van der Waals surface area contributed by atoms with Crippen LogP contribution in [0.2, 0.25) is 18.1 Å². The molecule has 128 valence electrons. The lowest BCUT2D eigenvalue weighted by Crippen LogP contribution is -2.47. The summed E-state index contributed by atoms with van der Waals surface area (Å²) in [6.45, 7) is 14.8. The molecule has 0 saturated carbocycles. The van der Waals surface area contributed by atoms with Crippen LogP contribution in [0.25, 0.3) is 0 Å². The third-order valence-electron chi connectivity index (χ3n) is 3.68. The van der Waals surface area contributed by atoms with Gasteiger partial charge in [-0.05, 0) is 24.6 Å². The Morgan fingerprint density at radius 2 is 1.86 bits per heavy atom. The van der Waals surface area contributed by atoms with E-state index in [1.54, 1.807) is 6.08 Å². The normalized spacial score (nSPS) is 14.9. The lowest BCUT2D eigenvalue weighted by Gasteiger charge is -2.37. The number of nitrogens with one attached hydrogen (secondary N) is 1. The van der Waals surface area contributed by atoms with Crippen molar-refractivity contribution in [2.45, 2.75) is 55.2 Å². The maximum Gasteiger partial charge on any atom is 0.272 e. The number of rotatable bonds is 7. The molecule has 0 bridgehead atoms. The number of hydrogen-bond donors (Lipinski definition) is 1. The van der Waals surface area contributed by atoms with Crippen molar-refractivity contribution in [1.29, 1.82) is 0 Å². The number of hydrogen-bond acceptors (Lipinski definition) is 2. The number of carbonyl (C=O) groups is 1. The Labute approximate surface area is 150 Å². The highest BCUT2D eigenvalue weighted by atomic mass is 35.6. The average Bonchev–Trinajstić information content (AvgIpc) is 2.33. The van der Waals surface area contributed by atoms with Crippen LogP contribution in [-0.2, 0) is 9.22 Å². The van der Waals surface area contributed by atoms with Crippen LogP contribution < -0.4 is 5.32 Å². The number of halogens is 3. The van der Waals surface area contributed by atoms with Gasteiger partial charge in [-0.1, -0.05) is 73.8 Å². The predicted molar refractivity (Wildman–Crippen MR) is 99.3 cm³/mol. The molecule has 0 aromatic carbocycles. The molecule has 0 fully saturated rings. The number of alkyl halides is 3. The Bertz CT molecular complexity index is 412. The van der Waals surface area contributed by atoms with Gasteiger partial charge >= 0.3 is 0 Å². The van der Waals surface area contributed by atoms with E-state index in [2.05, 4.69) is 45.8 Å². The average molecular weight is 387 g/mol. The van der Waals surface area contributed by atoms with Gasteiger partial charge in [-0.3, -0.25) is 4.79 Å². The van der Waals surface area contributed by atoms with Crippen molar-refractivity contribution >= 4 is 49.0 Å². The van der Waals surface area contributed by atoms with Crippen molar-refractivity contribution < 1.29 is 9.22 Å². The van der Waals surface area contributed by atoms with Crippen LogP contribution in [0, 0.1) is 0 Å². The molecule has 1 atom stereocenters. The van der Waals surface area contributed by atoms with E-state index >= 15 is 0 Å². The van der Waals surface area contributed by atoms with Crippen LogP contribution in [0.4, 0.5) is 0 Å². The minimum Gasteiger partial charge on any atom is -0.414 e. The zero-order valence-electron chi connectivity index (χ0n) is 13.9. The van der Waals surface area contributed by atoms with Gasteiger partial charge in [0, 0.05) is 0 Å². The summed E-state index contributed by atoms with van der Waals surface area (Å²) in [7, 11) is -1.92. The minimum absolute atomic E-state index is 0.0849. The molecule has 1 amide bonds. The molecule has 0 aromatic rings. The Hall–Kier alpha value is -0.00312.